The summed E-state index contributed by atoms with van der Waals surface area (Å²) in [6.45, 7) is 5.89. The summed E-state index contributed by atoms with van der Waals surface area (Å²) in [5.41, 5.74) is 4.18. The zero-order valence-electron chi connectivity index (χ0n) is 19.6. The molecular formula is C26H26N4O4. The fourth-order valence-electron chi connectivity index (χ4n) is 3.67. The lowest BCUT2D eigenvalue weighted by Gasteiger charge is -2.13. The molecule has 0 spiro atoms. The van der Waals surface area contributed by atoms with Gasteiger partial charge in [0, 0.05) is 17.8 Å². The van der Waals surface area contributed by atoms with Crippen LogP contribution in [0.3, 0.4) is 0 Å². The van der Waals surface area contributed by atoms with E-state index >= 15 is 0 Å². The number of methoxy groups -OCH3 is 1. The van der Waals surface area contributed by atoms with Crippen LogP contribution in [0.5, 0.6) is 5.75 Å². The zero-order chi connectivity index (χ0) is 24.2. The minimum absolute atomic E-state index is 0.108. The first-order valence-corrected chi connectivity index (χ1v) is 10.9. The molecule has 4 aromatic rings. The van der Waals surface area contributed by atoms with Crippen LogP contribution < -0.4 is 15.6 Å². The lowest BCUT2D eigenvalue weighted by molar-refractivity contribution is -0.121. The molecule has 0 saturated heterocycles. The minimum atomic E-state index is -0.354. The average molecular weight is 459 g/mol. The van der Waals surface area contributed by atoms with Crippen LogP contribution in [0.1, 0.15) is 22.4 Å². The summed E-state index contributed by atoms with van der Waals surface area (Å²) in [4.78, 5) is 30.4. The average Bonchev–Trinajstić information content (AvgIpc) is 3.31. The Labute approximate surface area is 197 Å². The number of ether oxygens (including phenoxy) is 1. The Bertz CT molecular complexity index is 1370. The highest BCUT2D eigenvalue weighted by Gasteiger charge is 2.20. The molecule has 0 aliphatic carbocycles. The van der Waals surface area contributed by atoms with E-state index in [0.717, 1.165) is 16.7 Å². The SMILES string of the molecule is COc1ccc(-c2noc(-c3c(C)cc(C)n(CC(=O)NCc4ccc(C)cc4)c3=O)n2)cc1. The largest absolute Gasteiger partial charge is 0.497 e. The second kappa shape index (κ2) is 9.74. The van der Waals surface area contributed by atoms with E-state index in [1.54, 1.807) is 26.2 Å². The number of carbonyl (C=O) groups excluding carboxylic acids is 1. The number of nitrogens with zero attached hydrogens (tertiary/aromatic N) is 3. The van der Waals surface area contributed by atoms with Crippen LogP contribution in [0, 0.1) is 20.8 Å². The van der Waals surface area contributed by atoms with E-state index in [2.05, 4.69) is 15.5 Å². The van der Waals surface area contributed by atoms with Crippen molar-refractivity contribution in [3.63, 3.8) is 0 Å². The molecule has 8 nitrogen and oxygen atoms in total. The molecule has 34 heavy (non-hydrogen) atoms. The molecule has 174 valence electrons. The molecule has 1 amide bonds. The Morgan fingerprint density at radius 2 is 1.76 bits per heavy atom. The molecule has 0 radical (unpaired) electrons. The molecule has 8 heteroatoms. The maximum atomic E-state index is 13.3. The lowest BCUT2D eigenvalue weighted by atomic mass is 10.1. The monoisotopic (exact) mass is 458 g/mol. The lowest BCUT2D eigenvalue weighted by Crippen LogP contribution is -2.34. The van der Waals surface area contributed by atoms with E-state index < -0.39 is 0 Å². The summed E-state index contributed by atoms with van der Waals surface area (Å²) < 4.78 is 12.0. The van der Waals surface area contributed by atoms with E-state index in [1.807, 2.05) is 56.3 Å². The van der Waals surface area contributed by atoms with Crippen molar-refractivity contribution in [1.29, 1.82) is 0 Å². The van der Waals surface area contributed by atoms with Gasteiger partial charge in [-0.15, -0.1) is 0 Å². The fraction of sp³-hybridized carbons (Fsp3) is 0.231. The van der Waals surface area contributed by atoms with Gasteiger partial charge in [0.1, 0.15) is 17.9 Å². The normalized spacial score (nSPS) is 10.8. The number of aromatic nitrogens is 3. The Balaban J connectivity index is 1.56. The molecule has 1 N–H and O–H groups in total. The van der Waals surface area contributed by atoms with Gasteiger partial charge < -0.3 is 19.1 Å². The highest BCUT2D eigenvalue weighted by Crippen LogP contribution is 2.24. The predicted molar refractivity (Wildman–Crippen MR) is 128 cm³/mol. The Morgan fingerprint density at radius 1 is 1.06 bits per heavy atom. The number of hydrogen-bond donors (Lipinski definition) is 1. The van der Waals surface area contributed by atoms with Gasteiger partial charge in [-0.2, -0.15) is 4.98 Å². The van der Waals surface area contributed by atoms with Crippen LogP contribution in [0.15, 0.2) is 63.9 Å². The highest BCUT2D eigenvalue weighted by atomic mass is 16.5. The molecule has 0 aliphatic rings. The number of pyridine rings is 1. The molecule has 0 fully saturated rings. The van der Waals surface area contributed by atoms with E-state index in [1.165, 1.54) is 4.57 Å². The van der Waals surface area contributed by atoms with Crippen molar-refractivity contribution < 1.29 is 14.1 Å². The summed E-state index contributed by atoms with van der Waals surface area (Å²) in [6.07, 6.45) is 0. The van der Waals surface area contributed by atoms with E-state index in [4.69, 9.17) is 9.26 Å². The molecule has 0 atom stereocenters. The number of nitrogens with one attached hydrogen (secondary N) is 1. The quantitative estimate of drug-likeness (QED) is 0.452. The standard InChI is InChI=1S/C26H26N4O4/c1-16-5-7-19(8-6-16)14-27-22(31)15-30-18(3)13-17(2)23(26(30)32)25-28-24(29-34-25)20-9-11-21(33-4)12-10-20/h5-13H,14-15H2,1-4H3,(H,27,31). The molecule has 2 aromatic carbocycles. The van der Waals surface area contributed by atoms with Crippen LogP contribution in [-0.2, 0) is 17.9 Å². The Kier molecular flexibility index (Phi) is 6.58. The van der Waals surface area contributed by atoms with Crippen LogP contribution in [-0.4, -0.2) is 27.7 Å². The van der Waals surface area contributed by atoms with E-state index in [9.17, 15) is 9.59 Å². The van der Waals surface area contributed by atoms with E-state index in [0.29, 0.717) is 29.4 Å². The first kappa shape index (κ1) is 23.0. The van der Waals surface area contributed by atoms with Crippen molar-refractivity contribution >= 4 is 5.91 Å². The predicted octanol–water partition coefficient (Wildman–Crippen LogP) is 3.82. The van der Waals surface area contributed by atoms with Gasteiger partial charge in [0.2, 0.25) is 11.7 Å². The number of aryl methyl sites for hydroxylation is 3. The molecule has 4 rings (SSSR count). The van der Waals surface area contributed by atoms with Gasteiger partial charge in [-0.05, 0) is 62.2 Å². The van der Waals surface area contributed by atoms with Gasteiger partial charge in [-0.1, -0.05) is 35.0 Å². The Morgan fingerprint density at radius 3 is 2.44 bits per heavy atom. The number of hydrogen-bond acceptors (Lipinski definition) is 6. The number of carbonyl (C=O) groups is 1. The smallest absolute Gasteiger partial charge is 0.264 e. The Hall–Kier alpha value is -4.20. The summed E-state index contributed by atoms with van der Waals surface area (Å²) >= 11 is 0. The topological polar surface area (TPSA) is 99.3 Å². The van der Waals surface area contributed by atoms with Crippen molar-refractivity contribution in [2.75, 3.05) is 7.11 Å². The summed E-state index contributed by atoms with van der Waals surface area (Å²) in [7, 11) is 1.59. The molecule has 0 unspecified atom stereocenters. The zero-order valence-corrected chi connectivity index (χ0v) is 19.6. The van der Waals surface area contributed by atoms with Crippen LogP contribution in [0.25, 0.3) is 22.8 Å². The van der Waals surface area contributed by atoms with Gasteiger partial charge >= 0.3 is 0 Å². The van der Waals surface area contributed by atoms with Gasteiger partial charge in [-0.25, -0.2) is 0 Å². The van der Waals surface area contributed by atoms with Crippen molar-refractivity contribution in [1.82, 2.24) is 20.0 Å². The van der Waals surface area contributed by atoms with Crippen molar-refractivity contribution in [3.8, 4) is 28.6 Å². The van der Waals surface area contributed by atoms with Gasteiger partial charge in [0.05, 0.1) is 7.11 Å². The summed E-state index contributed by atoms with van der Waals surface area (Å²) in [6, 6.07) is 17.0. The molecule has 0 saturated carbocycles. The third-order valence-electron chi connectivity index (χ3n) is 5.60. The summed E-state index contributed by atoms with van der Waals surface area (Å²) in [5.74, 6) is 0.928. The van der Waals surface area contributed by atoms with Crippen LogP contribution >= 0.6 is 0 Å². The number of amides is 1. The van der Waals surface area contributed by atoms with Crippen molar-refractivity contribution in [3.05, 3.63) is 87.3 Å². The van der Waals surface area contributed by atoms with Gasteiger partial charge in [-0.3, -0.25) is 9.59 Å². The maximum absolute atomic E-state index is 13.3. The van der Waals surface area contributed by atoms with E-state index in [-0.39, 0.29) is 29.5 Å². The number of rotatable bonds is 7. The maximum Gasteiger partial charge on any atom is 0.264 e. The molecule has 2 heterocycles. The third kappa shape index (κ3) is 4.91. The van der Waals surface area contributed by atoms with Crippen LogP contribution in [0.4, 0.5) is 0 Å². The first-order valence-electron chi connectivity index (χ1n) is 10.9. The van der Waals surface area contributed by atoms with Gasteiger partial charge in [0.25, 0.3) is 11.4 Å². The molecule has 2 aromatic heterocycles. The third-order valence-corrected chi connectivity index (χ3v) is 5.60. The molecular weight excluding hydrogens is 432 g/mol. The second-order valence-corrected chi connectivity index (χ2v) is 8.15. The highest BCUT2D eigenvalue weighted by molar-refractivity contribution is 5.76. The number of benzene rings is 2. The second-order valence-electron chi connectivity index (χ2n) is 8.15. The van der Waals surface area contributed by atoms with Crippen LogP contribution in [0.2, 0.25) is 0 Å². The first-order chi connectivity index (χ1) is 16.4. The van der Waals surface area contributed by atoms with Crippen molar-refractivity contribution in [2.24, 2.45) is 0 Å². The minimum Gasteiger partial charge on any atom is -0.497 e. The molecule has 0 aliphatic heterocycles. The fourth-order valence-corrected chi connectivity index (χ4v) is 3.67. The molecule has 0 bridgehead atoms. The van der Waals surface area contributed by atoms with Gasteiger partial charge in [0.15, 0.2) is 0 Å². The summed E-state index contributed by atoms with van der Waals surface area (Å²) in [5, 5.41) is 6.90. The van der Waals surface area contributed by atoms with Crippen molar-refractivity contribution in [2.45, 2.75) is 33.9 Å².